The Balaban J connectivity index is 1.61. The molecule has 116 valence electrons. The summed E-state index contributed by atoms with van der Waals surface area (Å²) in [7, 11) is 0. The highest BCUT2D eigenvalue weighted by Crippen LogP contribution is 2.33. The number of nitrogens with zero attached hydrogens (tertiary/aromatic N) is 4. The minimum absolute atomic E-state index is 0.434. The molecule has 1 fully saturated rings. The van der Waals surface area contributed by atoms with Gasteiger partial charge in [0.15, 0.2) is 0 Å². The Hall–Kier alpha value is -2.69. The number of aromatic nitrogens is 4. The molecule has 5 heteroatoms. The summed E-state index contributed by atoms with van der Waals surface area (Å²) in [5.41, 5.74) is 3.65. The number of benzene rings is 1. The topological polar surface area (TPSA) is 57.7 Å². The lowest BCUT2D eigenvalue weighted by molar-refractivity contribution is 0.498. The smallest absolute Gasteiger partial charge is 0.147 e. The van der Waals surface area contributed by atoms with Crippen molar-refractivity contribution in [3.8, 4) is 11.1 Å². The number of hydrogen-bond acceptors (Lipinski definition) is 4. The Kier molecular flexibility index (Phi) is 3.76. The number of anilines is 1. The normalized spacial score (nSPS) is 18.1. The zero-order valence-corrected chi connectivity index (χ0v) is 12.9. The molecule has 1 aliphatic rings. The van der Waals surface area contributed by atoms with Gasteiger partial charge in [-0.2, -0.15) is 5.10 Å². The summed E-state index contributed by atoms with van der Waals surface area (Å²) < 4.78 is 0. The van der Waals surface area contributed by atoms with E-state index in [1.165, 1.54) is 23.2 Å². The van der Waals surface area contributed by atoms with Crippen molar-refractivity contribution in [3.63, 3.8) is 0 Å². The van der Waals surface area contributed by atoms with Crippen LogP contribution in [0.15, 0.2) is 55.1 Å². The fraction of sp³-hybridized carbons (Fsp3) is 0.278. The average Bonchev–Trinajstić information content (AvgIpc) is 3.13. The molecule has 0 amide bonds. The second-order valence-electron chi connectivity index (χ2n) is 5.91. The highest BCUT2D eigenvalue weighted by atomic mass is 15.2. The van der Waals surface area contributed by atoms with E-state index in [0.29, 0.717) is 5.92 Å². The van der Waals surface area contributed by atoms with Crippen LogP contribution in [0.1, 0.15) is 24.5 Å². The van der Waals surface area contributed by atoms with Gasteiger partial charge in [-0.15, -0.1) is 0 Å². The Morgan fingerprint density at radius 1 is 1.09 bits per heavy atom. The molecule has 3 aromatic rings. The second kappa shape index (κ2) is 6.20. The van der Waals surface area contributed by atoms with Gasteiger partial charge in [0.1, 0.15) is 5.82 Å². The lowest BCUT2D eigenvalue weighted by Gasteiger charge is -2.33. The lowest BCUT2D eigenvalue weighted by Crippen LogP contribution is -2.35. The van der Waals surface area contributed by atoms with Gasteiger partial charge < -0.3 is 4.90 Å². The van der Waals surface area contributed by atoms with Crippen LogP contribution in [0.25, 0.3) is 11.1 Å². The molecule has 0 aliphatic carbocycles. The molecule has 1 aliphatic heterocycles. The fourth-order valence-electron chi connectivity index (χ4n) is 3.33. The van der Waals surface area contributed by atoms with Crippen LogP contribution in [-0.4, -0.2) is 33.3 Å². The Morgan fingerprint density at radius 2 is 2.00 bits per heavy atom. The van der Waals surface area contributed by atoms with E-state index >= 15 is 0 Å². The van der Waals surface area contributed by atoms with E-state index in [9.17, 15) is 0 Å². The van der Waals surface area contributed by atoms with Gasteiger partial charge in [-0.25, -0.2) is 4.98 Å². The van der Waals surface area contributed by atoms with Crippen LogP contribution < -0.4 is 4.90 Å². The van der Waals surface area contributed by atoms with Crippen LogP contribution >= 0.6 is 0 Å². The predicted octanol–water partition coefficient (Wildman–Crippen LogP) is 3.25. The van der Waals surface area contributed by atoms with Gasteiger partial charge in [0.05, 0.1) is 12.4 Å². The maximum Gasteiger partial charge on any atom is 0.147 e. The summed E-state index contributed by atoms with van der Waals surface area (Å²) in [6, 6.07) is 10.5. The van der Waals surface area contributed by atoms with Crippen molar-refractivity contribution in [1.82, 2.24) is 20.2 Å². The molecule has 0 bridgehead atoms. The summed E-state index contributed by atoms with van der Waals surface area (Å²) in [4.78, 5) is 10.9. The predicted molar refractivity (Wildman–Crippen MR) is 90.2 cm³/mol. The molecule has 0 saturated carbocycles. The summed E-state index contributed by atoms with van der Waals surface area (Å²) in [5.74, 6) is 1.39. The van der Waals surface area contributed by atoms with Gasteiger partial charge in [-0.1, -0.05) is 30.3 Å². The van der Waals surface area contributed by atoms with Gasteiger partial charge in [-0.3, -0.25) is 10.1 Å². The van der Waals surface area contributed by atoms with Crippen molar-refractivity contribution in [1.29, 1.82) is 0 Å². The Labute approximate surface area is 135 Å². The molecule has 1 N–H and O–H groups in total. The van der Waals surface area contributed by atoms with E-state index in [1.54, 1.807) is 12.4 Å². The molecule has 0 spiro atoms. The van der Waals surface area contributed by atoms with Gasteiger partial charge in [-0.05, 0) is 18.4 Å². The standard InChI is InChI=1S/C18H19N5/c1-2-5-14(6-3-1)16-11-21-22-18(16)15-7-4-10-23(13-15)17-12-19-8-9-20-17/h1-3,5-6,8-9,11-12,15H,4,7,10,13H2,(H,21,22). The molecule has 2 aromatic heterocycles. The van der Waals surface area contributed by atoms with Gasteiger partial charge in [0.25, 0.3) is 0 Å². The summed E-state index contributed by atoms with van der Waals surface area (Å²) in [6.45, 7) is 1.98. The van der Waals surface area contributed by atoms with Crippen LogP contribution in [0.5, 0.6) is 0 Å². The lowest BCUT2D eigenvalue weighted by atomic mass is 9.90. The summed E-state index contributed by atoms with van der Waals surface area (Å²) >= 11 is 0. The van der Waals surface area contributed by atoms with E-state index in [-0.39, 0.29) is 0 Å². The maximum atomic E-state index is 4.44. The van der Waals surface area contributed by atoms with Gasteiger partial charge in [0.2, 0.25) is 0 Å². The van der Waals surface area contributed by atoms with Crippen molar-refractivity contribution in [2.75, 3.05) is 18.0 Å². The van der Waals surface area contributed by atoms with Gasteiger partial charge in [0, 0.05) is 42.7 Å². The first-order valence-electron chi connectivity index (χ1n) is 8.01. The zero-order chi connectivity index (χ0) is 15.5. The third kappa shape index (κ3) is 2.82. The van der Waals surface area contributed by atoms with Crippen LogP contribution in [0.2, 0.25) is 0 Å². The molecule has 1 unspecified atom stereocenters. The molecule has 4 rings (SSSR count). The van der Waals surface area contributed by atoms with Crippen LogP contribution in [0, 0.1) is 0 Å². The monoisotopic (exact) mass is 305 g/mol. The second-order valence-corrected chi connectivity index (χ2v) is 5.91. The molecule has 1 atom stereocenters. The van der Waals surface area contributed by atoms with Crippen molar-refractivity contribution in [3.05, 3.63) is 60.8 Å². The molecular formula is C18H19N5. The van der Waals surface area contributed by atoms with E-state index < -0.39 is 0 Å². The number of nitrogens with one attached hydrogen (secondary N) is 1. The Bertz CT molecular complexity index is 753. The average molecular weight is 305 g/mol. The van der Waals surface area contributed by atoms with Crippen molar-refractivity contribution < 1.29 is 0 Å². The van der Waals surface area contributed by atoms with Crippen LogP contribution in [0.3, 0.4) is 0 Å². The fourth-order valence-corrected chi connectivity index (χ4v) is 3.33. The number of rotatable bonds is 3. The first-order chi connectivity index (χ1) is 11.4. The first-order valence-corrected chi connectivity index (χ1v) is 8.01. The van der Waals surface area contributed by atoms with E-state index in [1.807, 2.05) is 18.5 Å². The quantitative estimate of drug-likeness (QED) is 0.807. The van der Waals surface area contributed by atoms with E-state index in [2.05, 4.69) is 49.3 Å². The van der Waals surface area contributed by atoms with Crippen LogP contribution in [-0.2, 0) is 0 Å². The highest BCUT2D eigenvalue weighted by molar-refractivity contribution is 5.66. The molecular weight excluding hydrogens is 286 g/mol. The third-order valence-electron chi connectivity index (χ3n) is 4.46. The minimum atomic E-state index is 0.434. The SMILES string of the molecule is c1ccc(-c2cn[nH]c2C2CCCN(c3cnccn3)C2)cc1. The third-order valence-corrected chi connectivity index (χ3v) is 4.46. The maximum absolute atomic E-state index is 4.44. The van der Waals surface area contributed by atoms with E-state index in [4.69, 9.17) is 0 Å². The molecule has 1 saturated heterocycles. The number of piperidine rings is 1. The van der Waals surface area contributed by atoms with Gasteiger partial charge >= 0.3 is 0 Å². The molecule has 5 nitrogen and oxygen atoms in total. The summed E-state index contributed by atoms with van der Waals surface area (Å²) in [5, 5.41) is 7.53. The Morgan fingerprint density at radius 3 is 2.83 bits per heavy atom. The largest absolute Gasteiger partial charge is 0.355 e. The summed E-state index contributed by atoms with van der Waals surface area (Å²) in [6.07, 6.45) is 9.56. The number of H-pyrrole nitrogens is 1. The minimum Gasteiger partial charge on any atom is -0.355 e. The first kappa shape index (κ1) is 13.9. The number of aromatic amines is 1. The van der Waals surface area contributed by atoms with Crippen molar-refractivity contribution in [2.45, 2.75) is 18.8 Å². The number of hydrogen-bond donors (Lipinski definition) is 1. The zero-order valence-electron chi connectivity index (χ0n) is 12.9. The van der Waals surface area contributed by atoms with Crippen molar-refractivity contribution >= 4 is 5.82 Å². The molecule has 0 radical (unpaired) electrons. The molecule has 1 aromatic carbocycles. The van der Waals surface area contributed by atoms with Crippen molar-refractivity contribution in [2.24, 2.45) is 0 Å². The highest BCUT2D eigenvalue weighted by Gasteiger charge is 2.25. The van der Waals surface area contributed by atoms with E-state index in [0.717, 1.165) is 25.3 Å². The van der Waals surface area contributed by atoms with Crippen LogP contribution in [0.4, 0.5) is 5.82 Å². The molecule has 23 heavy (non-hydrogen) atoms. The molecule has 3 heterocycles.